The zero-order valence-corrected chi connectivity index (χ0v) is 36.8. The molecule has 2 saturated carbocycles. The number of piperidine rings is 2. The number of likely N-dealkylation sites (tertiary alicyclic amines) is 2. The summed E-state index contributed by atoms with van der Waals surface area (Å²) in [6.45, 7) is 6.54. The number of fused-ring (bicyclic) bond motifs is 6. The number of nitrogens with zero attached hydrogens (tertiary/aromatic N) is 4. The smallest absolute Gasteiger partial charge is 0.407 e. The van der Waals surface area contributed by atoms with Crippen LogP contribution >= 0.6 is 0 Å². The van der Waals surface area contributed by atoms with Crippen molar-refractivity contribution in [3.05, 3.63) is 71.3 Å². The minimum absolute atomic E-state index is 0.0000528. The Hall–Kier alpha value is -6.18. The van der Waals surface area contributed by atoms with E-state index in [0.717, 1.165) is 75.5 Å². The van der Waals surface area contributed by atoms with Gasteiger partial charge in [-0.15, -0.1) is 0 Å². The molecule has 8 atom stereocenters. The molecule has 11 rings (SSSR count). The molecule has 0 radical (unpaired) electrons. The molecular weight excluding hydrogens is 829 g/mol. The summed E-state index contributed by atoms with van der Waals surface area (Å²) in [7, 11) is 1.31. The highest BCUT2D eigenvalue weighted by atomic mass is 16.5. The molecule has 5 aromatic rings. The van der Waals surface area contributed by atoms with Gasteiger partial charge in [-0.3, -0.25) is 9.59 Å². The van der Waals surface area contributed by atoms with Crippen molar-refractivity contribution in [1.82, 2.24) is 40.4 Å². The third-order valence-electron chi connectivity index (χ3n) is 15.5. The molecule has 2 aromatic heterocycles. The minimum atomic E-state index is -1.20. The van der Waals surface area contributed by atoms with Crippen molar-refractivity contribution in [2.24, 2.45) is 22.7 Å². The van der Waals surface area contributed by atoms with Crippen molar-refractivity contribution in [2.45, 2.75) is 101 Å². The van der Waals surface area contributed by atoms with E-state index in [1.54, 1.807) is 0 Å². The van der Waals surface area contributed by atoms with E-state index in [1.165, 1.54) is 7.11 Å². The van der Waals surface area contributed by atoms with Gasteiger partial charge in [0.05, 0.1) is 41.3 Å². The lowest BCUT2D eigenvalue weighted by Gasteiger charge is -2.35. The third-order valence-corrected chi connectivity index (χ3v) is 15.5. The van der Waals surface area contributed by atoms with Crippen LogP contribution in [0.5, 0.6) is 0 Å². The van der Waals surface area contributed by atoms with Gasteiger partial charge in [0, 0.05) is 55.0 Å². The van der Waals surface area contributed by atoms with E-state index in [9.17, 15) is 24.3 Å². The highest BCUT2D eigenvalue weighted by Crippen LogP contribution is 2.64. The van der Waals surface area contributed by atoms with Crippen LogP contribution in [0.2, 0.25) is 0 Å². The quantitative estimate of drug-likeness (QED) is 0.110. The summed E-state index contributed by atoms with van der Waals surface area (Å²) in [6, 6.07) is 14.1. The standard InChI is InChI=1S/C49H54N8O8/c1-48-22-35(56(37(48)24-48)45(59)40(55-47(62)63-3)29-14-18-65-19-15-29)42-50-32-10-7-27(21-34(32)52-42)5-4-26-6-9-31-30(20-26)8-11-33-41(31)53-43(51-33)36-23-49(2)25-38(49)57(36)44(58)39(54-46(60)61)28-12-16-64-17-13-28/h6-11,20-21,28-29,35-40,54H,12-19,22-25H2,1-3H3,(H,50,52)(H,51,53)(H,55,62)(H,60,61)/t35-,36-,37?,38?,39-,40-,48+,49-/m0/s1. The van der Waals surface area contributed by atoms with Gasteiger partial charge in [0.2, 0.25) is 11.8 Å². The minimum Gasteiger partial charge on any atom is -0.465 e. The zero-order valence-electron chi connectivity index (χ0n) is 36.8. The van der Waals surface area contributed by atoms with Crippen molar-refractivity contribution >= 4 is 56.8 Å². The van der Waals surface area contributed by atoms with E-state index in [2.05, 4.69) is 58.4 Å². The Morgan fingerprint density at radius 3 is 1.89 bits per heavy atom. The van der Waals surface area contributed by atoms with Crippen LogP contribution < -0.4 is 10.6 Å². The summed E-state index contributed by atoms with van der Waals surface area (Å²) < 4.78 is 16.0. The first-order valence-corrected chi connectivity index (χ1v) is 23.0. The largest absolute Gasteiger partial charge is 0.465 e. The molecular formula is C49H54N8O8. The van der Waals surface area contributed by atoms with Crippen LogP contribution in [0.15, 0.2) is 48.5 Å². The Labute approximate surface area is 375 Å². The van der Waals surface area contributed by atoms with Crippen LogP contribution in [0.1, 0.15) is 100 Å². The van der Waals surface area contributed by atoms with Crippen molar-refractivity contribution in [3.63, 3.8) is 0 Å². The Balaban J connectivity index is 0.828. The molecule has 6 fully saturated rings. The molecule has 65 heavy (non-hydrogen) atoms. The van der Waals surface area contributed by atoms with Gasteiger partial charge in [-0.2, -0.15) is 0 Å². The van der Waals surface area contributed by atoms with Gasteiger partial charge in [-0.05, 0) is 116 Å². The Kier molecular flexibility index (Phi) is 10.1. The number of carboxylic acid groups (broad SMARTS) is 1. The molecule has 0 spiro atoms. The summed E-state index contributed by atoms with van der Waals surface area (Å²) in [5.41, 5.74) is 4.94. The lowest BCUT2D eigenvalue weighted by atomic mass is 9.90. The number of aromatic nitrogens is 4. The first-order chi connectivity index (χ1) is 31.4. The second-order valence-electron chi connectivity index (χ2n) is 19.7. The number of amides is 4. The molecule has 2 unspecified atom stereocenters. The highest BCUT2D eigenvalue weighted by Gasteiger charge is 2.65. The van der Waals surface area contributed by atoms with Gasteiger partial charge in [-0.1, -0.05) is 37.8 Å². The fraction of sp³-hybridized carbons (Fsp3) is 0.510. The molecule has 16 heteroatoms. The number of aromatic amines is 2. The molecule has 4 amide bonds. The van der Waals surface area contributed by atoms with Gasteiger partial charge < -0.3 is 49.7 Å². The number of hydrogen-bond acceptors (Lipinski definition) is 9. The number of ether oxygens (including phenoxy) is 3. The average molecular weight is 883 g/mol. The van der Waals surface area contributed by atoms with Crippen LogP contribution in [0.3, 0.4) is 0 Å². The van der Waals surface area contributed by atoms with E-state index in [1.807, 2.05) is 46.2 Å². The van der Waals surface area contributed by atoms with Gasteiger partial charge in [-0.25, -0.2) is 19.6 Å². The summed E-state index contributed by atoms with van der Waals surface area (Å²) in [6.07, 6.45) is 4.16. The predicted octanol–water partition coefficient (Wildman–Crippen LogP) is 6.31. The molecule has 5 N–H and O–H groups in total. The van der Waals surface area contributed by atoms with E-state index in [4.69, 9.17) is 24.2 Å². The number of nitrogens with one attached hydrogen (secondary N) is 4. The lowest BCUT2D eigenvalue weighted by Crippen LogP contribution is -2.54. The number of carbonyl (C=O) groups is 4. The number of imidazole rings is 2. The fourth-order valence-electron chi connectivity index (χ4n) is 11.6. The number of H-pyrrole nitrogens is 2. The van der Waals surface area contributed by atoms with Crippen LogP contribution in [-0.2, 0) is 23.8 Å². The maximum absolute atomic E-state index is 14.4. The molecule has 0 bridgehead atoms. The molecule has 16 nitrogen and oxygen atoms in total. The second kappa shape index (κ2) is 15.8. The van der Waals surface area contributed by atoms with E-state index in [0.29, 0.717) is 57.9 Å². The predicted molar refractivity (Wildman–Crippen MR) is 238 cm³/mol. The van der Waals surface area contributed by atoms with Crippen LogP contribution in [-0.4, -0.2) is 117 Å². The van der Waals surface area contributed by atoms with Crippen molar-refractivity contribution < 1.29 is 38.5 Å². The lowest BCUT2D eigenvalue weighted by molar-refractivity contribution is -0.138. The van der Waals surface area contributed by atoms with Gasteiger partial charge >= 0.3 is 12.2 Å². The second-order valence-corrected chi connectivity index (χ2v) is 19.7. The monoisotopic (exact) mass is 882 g/mol. The highest BCUT2D eigenvalue weighted by molar-refractivity contribution is 6.04. The summed E-state index contributed by atoms with van der Waals surface area (Å²) in [5, 5.41) is 17.1. The molecule has 6 aliphatic rings. The Morgan fingerprint density at radius 2 is 1.29 bits per heavy atom. The van der Waals surface area contributed by atoms with E-state index < -0.39 is 24.3 Å². The topological polar surface area (TPSA) is 204 Å². The van der Waals surface area contributed by atoms with Crippen LogP contribution in [0.25, 0.3) is 32.8 Å². The number of rotatable bonds is 8. The van der Waals surface area contributed by atoms with Crippen molar-refractivity contribution in [3.8, 4) is 11.8 Å². The summed E-state index contributed by atoms with van der Waals surface area (Å²) in [5.74, 6) is 7.67. The number of hydrogen-bond donors (Lipinski definition) is 5. The first kappa shape index (κ1) is 41.5. The summed E-state index contributed by atoms with van der Waals surface area (Å²) in [4.78, 5) is 74.1. The molecule has 3 aromatic carbocycles. The maximum Gasteiger partial charge on any atom is 0.407 e. The van der Waals surface area contributed by atoms with E-state index >= 15 is 0 Å². The van der Waals surface area contributed by atoms with Crippen molar-refractivity contribution in [2.75, 3.05) is 33.5 Å². The molecule has 338 valence electrons. The number of methoxy groups -OCH3 is 1. The fourth-order valence-corrected chi connectivity index (χ4v) is 11.6. The average Bonchev–Trinajstić information content (AvgIpc) is 3.78. The van der Waals surface area contributed by atoms with Crippen molar-refractivity contribution in [1.29, 1.82) is 0 Å². The molecule has 4 aliphatic heterocycles. The number of alkyl carbamates (subject to hydrolysis) is 1. The third kappa shape index (κ3) is 7.42. The Bertz CT molecular complexity index is 2820. The van der Waals surface area contributed by atoms with E-state index in [-0.39, 0.29) is 58.6 Å². The number of carbonyl (C=O) groups excluding carboxylic acids is 3. The van der Waals surface area contributed by atoms with Crippen LogP contribution in [0.4, 0.5) is 9.59 Å². The SMILES string of the molecule is COC(=O)N[C@H](C(=O)N1C2C[C@@]2(C)C[C@H]1c1nc2ccc(C#Cc3ccc4c(ccc5[nH]c([C@@H]6C[C@@]7(C)CC7N6C(=O)[C@@H](NC(=O)O)C6CCOCC6)nc54)c3)cc2[nH]1)C1CCOCC1. The molecule has 2 aliphatic carbocycles. The normalized spacial score (nSPS) is 28.3. The molecule has 4 saturated heterocycles. The number of benzene rings is 3. The zero-order chi connectivity index (χ0) is 44.8. The van der Waals surface area contributed by atoms with Gasteiger partial charge in [0.15, 0.2) is 0 Å². The van der Waals surface area contributed by atoms with Gasteiger partial charge in [0.25, 0.3) is 0 Å². The first-order valence-electron chi connectivity index (χ1n) is 23.0. The Morgan fingerprint density at radius 1 is 0.738 bits per heavy atom. The molecule has 6 heterocycles. The van der Waals surface area contributed by atoms with Crippen LogP contribution in [0, 0.1) is 34.5 Å². The summed E-state index contributed by atoms with van der Waals surface area (Å²) >= 11 is 0. The maximum atomic E-state index is 14.4. The van der Waals surface area contributed by atoms with Gasteiger partial charge in [0.1, 0.15) is 23.7 Å².